The standard InChI is InChI=1S/C12H17NO3S/c1-9(8-17(2)16)13-7-10-3-5-11(6-4-10)12(14)15/h3-6,9,13H,7-8H2,1-2H3,(H,14,15). The zero-order valence-corrected chi connectivity index (χ0v) is 10.8. The summed E-state index contributed by atoms with van der Waals surface area (Å²) in [7, 11) is -0.804. The van der Waals surface area contributed by atoms with E-state index in [-0.39, 0.29) is 11.6 Å². The SMILES string of the molecule is CC(CS(C)=O)NCc1ccc(C(=O)O)cc1. The number of aromatic carboxylic acids is 1. The summed E-state index contributed by atoms with van der Waals surface area (Å²) < 4.78 is 11.0. The molecule has 0 saturated heterocycles. The Hall–Kier alpha value is -1.20. The fourth-order valence-corrected chi connectivity index (χ4v) is 2.29. The lowest BCUT2D eigenvalue weighted by atomic mass is 10.1. The van der Waals surface area contributed by atoms with Crippen LogP contribution in [-0.2, 0) is 17.3 Å². The third kappa shape index (κ3) is 5.10. The predicted molar refractivity (Wildman–Crippen MR) is 68.6 cm³/mol. The molecule has 2 unspecified atom stereocenters. The second kappa shape index (κ2) is 6.51. The number of hydrogen-bond donors (Lipinski definition) is 2. The summed E-state index contributed by atoms with van der Waals surface area (Å²) in [4.78, 5) is 10.7. The van der Waals surface area contributed by atoms with Crippen molar-refractivity contribution in [2.45, 2.75) is 19.5 Å². The quantitative estimate of drug-likeness (QED) is 0.802. The molecule has 0 aliphatic heterocycles. The molecule has 1 rings (SSSR count). The normalized spacial score (nSPS) is 14.2. The van der Waals surface area contributed by atoms with Gasteiger partial charge in [-0.15, -0.1) is 0 Å². The predicted octanol–water partition coefficient (Wildman–Crippen LogP) is 1.24. The Morgan fingerprint density at radius 3 is 2.47 bits per heavy atom. The number of nitrogens with one attached hydrogen (secondary N) is 1. The lowest BCUT2D eigenvalue weighted by molar-refractivity contribution is 0.0697. The molecule has 1 aromatic carbocycles. The van der Waals surface area contributed by atoms with Crippen molar-refractivity contribution in [3.8, 4) is 0 Å². The molecule has 0 aliphatic rings. The van der Waals surface area contributed by atoms with Crippen molar-refractivity contribution in [3.05, 3.63) is 35.4 Å². The van der Waals surface area contributed by atoms with Gasteiger partial charge in [-0.2, -0.15) is 0 Å². The van der Waals surface area contributed by atoms with Gasteiger partial charge >= 0.3 is 5.97 Å². The molecule has 4 nitrogen and oxygen atoms in total. The fourth-order valence-electron chi connectivity index (χ4n) is 1.47. The number of carbonyl (C=O) groups is 1. The van der Waals surface area contributed by atoms with Gasteiger partial charge in [0, 0.05) is 35.4 Å². The van der Waals surface area contributed by atoms with E-state index >= 15 is 0 Å². The smallest absolute Gasteiger partial charge is 0.335 e. The van der Waals surface area contributed by atoms with Crippen molar-refractivity contribution in [1.82, 2.24) is 5.32 Å². The summed E-state index contributed by atoms with van der Waals surface area (Å²) in [5.41, 5.74) is 1.31. The molecular formula is C12H17NO3S. The van der Waals surface area contributed by atoms with Crippen LogP contribution in [-0.4, -0.2) is 33.3 Å². The Kier molecular flexibility index (Phi) is 5.31. The van der Waals surface area contributed by atoms with Crippen molar-refractivity contribution in [2.24, 2.45) is 0 Å². The summed E-state index contributed by atoms with van der Waals surface area (Å²) in [6.07, 6.45) is 1.68. The van der Waals surface area contributed by atoms with Crippen molar-refractivity contribution in [1.29, 1.82) is 0 Å². The summed E-state index contributed by atoms with van der Waals surface area (Å²) in [5, 5.41) is 12.0. The first-order valence-corrected chi connectivity index (χ1v) is 7.07. The molecule has 0 saturated carbocycles. The Morgan fingerprint density at radius 2 is 2.00 bits per heavy atom. The molecule has 0 spiro atoms. The van der Waals surface area contributed by atoms with Crippen LogP contribution in [0.3, 0.4) is 0 Å². The van der Waals surface area contributed by atoms with Gasteiger partial charge in [0.2, 0.25) is 0 Å². The van der Waals surface area contributed by atoms with Crippen LogP contribution in [0.2, 0.25) is 0 Å². The van der Waals surface area contributed by atoms with Gasteiger partial charge in [0.25, 0.3) is 0 Å². The largest absolute Gasteiger partial charge is 0.478 e. The van der Waals surface area contributed by atoms with E-state index in [0.29, 0.717) is 12.3 Å². The van der Waals surface area contributed by atoms with Crippen LogP contribution in [0.25, 0.3) is 0 Å². The van der Waals surface area contributed by atoms with Crippen LogP contribution >= 0.6 is 0 Å². The molecule has 0 fully saturated rings. The summed E-state index contributed by atoms with van der Waals surface area (Å²) >= 11 is 0. The minimum absolute atomic E-state index is 0.181. The van der Waals surface area contributed by atoms with Crippen LogP contribution in [0.1, 0.15) is 22.8 Å². The van der Waals surface area contributed by atoms with Crippen molar-refractivity contribution in [2.75, 3.05) is 12.0 Å². The lowest BCUT2D eigenvalue weighted by Crippen LogP contribution is -2.30. The molecule has 0 amide bonds. The highest BCUT2D eigenvalue weighted by Crippen LogP contribution is 2.04. The van der Waals surface area contributed by atoms with Crippen LogP contribution in [0.5, 0.6) is 0 Å². The molecule has 1 aromatic rings. The minimum Gasteiger partial charge on any atom is -0.478 e. The maximum absolute atomic E-state index is 11.0. The first-order chi connectivity index (χ1) is 7.99. The molecule has 0 bridgehead atoms. The molecule has 2 atom stereocenters. The molecule has 2 N–H and O–H groups in total. The highest BCUT2D eigenvalue weighted by atomic mass is 32.2. The first-order valence-electron chi connectivity index (χ1n) is 5.34. The maximum Gasteiger partial charge on any atom is 0.335 e. The van der Waals surface area contributed by atoms with Gasteiger partial charge in [-0.25, -0.2) is 4.79 Å². The molecule has 94 valence electrons. The molecule has 0 aromatic heterocycles. The molecule has 17 heavy (non-hydrogen) atoms. The van der Waals surface area contributed by atoms with E-state index in [2.05, 4.69) is 5.32 Å². The summed E-state index contributed by atoms with van der Waals surface area (Å²) in [5.74, 6) is -0.299. The van der Waals surface area contributed by atoms with E-state index < -0.39 is 16.8 Å². The Morgan fingerprint density at radius 1 is 1.41 bits per heavy atom. The highest BCUT2D eigenvalue weighted by Gasteiger charge is 2.05. The second-order valence-electron chi connectivity index (χ2n) is 4.02. The molecular weight excluding hydrogens is 238 g/mol. The van der Waals surface area contributed by atoms with E-state index in [9.17, 15) is 9.00 Å². The number of carboxylic acid groups (broad SMARTS) is 1. The van der Waals surface area contributed by atoms with E-state index in [4.69, 9.17) is 5.11 Å². The number of hydrogen-bond acceptors (Lipinski definition) is 3. The van der Waals surface area contributed by atoms with Crippen LogP contribution in [0.4, 0.5) is 0 Å². The third-order valence-electron chi connectivity index (χ3n) is 2.34. The summed E-state index contributed by atoms with van der Waals surface area (Å²) in [6, 6.07) is 6.92. The average Bonchev–Trinajstić information content (AvgIpc) is 2.26. The second-order valence-corrected chi connectivity index (χ2v) is 5.50. The van der Waals surface area contributed by atoms with Gasteiger partial charge in [-0.1, -0.05) is 12.1 Å². The van der Waals surface area contributed by atoms with Crippen LogP contribution in [0.15, 0.2) is 24.3 Å². The number of rotatable bonds is 6. The first kappa shape index (κ1) is 13.9. The van der Waals surface area contributed by atoms with Crippen molar-refractivity contribution < 1.29 is 14.1 Å². The molecule has 0 aliphatic carbocycles. The van der Waals surface area contributed by atoms with Crippen LogP contribution < -0.4 is 5.32 Å². The van der Waals surface area contributed by atoms with Gasteiger partial charge in [0.15, 0.2) is 0 Å². The monoisotopic (exact) mass is 255 g/mol. The van der Waals surface area contributed by atoms with E-state index in [1.165, 1.54) is 0 Å². The highest BCUT2D eigenvalue weighted by molar-refractivity contribution is 7.84. The van der Waals surface area contributed by atoms with Gasteiger partial charge in [0.1, 0.15) is 0 Å². The Bertz CT molecular complexity index is 403. The third-order valence-corrected chi connectivity index (χ3v) is 3.31. The zero-order valence-electron chi connectivity index (χ0n) is 9.97. The zero-order chi connectivity index (χ0) is 12.8. The lowest BCUT2D eigenvalue weighted by Gasteiger charge is -2.12. The number of carboxylic acids is 1. The van der Waals surface area contributed by atoms with Gasteiger partial charge in [-0.3, -0.25) is 4.21 Å². The van der Waals surface area contributed by atoms with Gasteiger partial charge < -0.3 is 10.4 Å². The Balaban J connectivity index is 2.47. The van der Waals surface area contributed by atoms with Gasteiger partial charge in [0.05, 0.1) is 5.56 Å². The average molecular weight is 255 g/mol. The van der Waals surface area contributed by atoms with Crippen molar-refractivity contribution in [3.63, 3.8) is 0 Å². The van der Waals surface area contributed by atoms with Gasteiger partial charge in [-0.05, 0) is 24.6 Å². The number of benzene rings is 1. The molecule has 0 radical (unpaired) electrons. The summed E-state index contributed by atoms with van der Waals surface area (Å²) in [6.45, 7) is 2.63. The maximum atomic E-state index is 11.0. The topological polar surface area (TPSA) is 66.4 Å². The molecule has 0 heterocycles. The van der Waals surface area contributed by atoms with Crippen molar-refractivity contribution >= 4 is 16.8 Å². The fraction of sp³-hybridized carbons (Fsp3) is 0.417. The van der Waals surface area contributed by atoms with E-state index in [0.717, 1.165) is 5.56 Å². The minimum atomic E-state index is -0.917. The Labute approximate surface area is 104 Å². The van der Waals surface area contributed by atoms with E-state index in [1.54, 1.807) is 30.5 Å². The van der Waals surface area contributed by atoms with E-state index in [1.807, 2.05) is 6.92 Å². The molecule has 5 heteroatoms. The van der Waals surface area contributed by atoms with Crippen LogP contribution in [0, 0.1) is 0 Å².